The Bertz CT molecular complexity index is 836. The second-order valence-electron chi connectivity index (χ2n) is 5.52. The van der Waals surface area contributed by atoms with Crippen LogP contribution in [0.5, 0.6) is 0 Å². The molecule has 1 saturated heterocycles. The Balaban J connectivity index is 1.66. The van der Waals surface area contributed by atoms with Crippen LogP contribution in [-0.2, 0) is 0 Å². The lowest BCUT2D eigenvalue weighted by Gasteiger charge is -2.35. The normalized spacial score (nSPS) is 14.0. The number of carboxylic acids is 1. The van der Waals surface area contributed by atoms with Crippen LogP contribution in [0, 0.1) is 11.3 Å². The maximum absolute atomic E-state index is 12.6. The third-order valence-electron chi connectivity index (χ3n) is 4.04. The monoisotopic (exact) mass is 337 g/mol. The lowest BCUT2D eigenvalue weighted by atomic mass is 10.1. The van der Waals surface area contributed by atoms with Crippen molar-refractivity contribution in [2.24, 2.45) is 0 Å². The van der Waals surface area contributed by atoms with Crippen molar-refractivity contribution >= 4 is 17.7 Å². The molecule has 126 valence electrons. The minimum absolute atomic E-state index is 0.106. The highest BCUT2D eigenvalue weighted by Crippen LogP contribution is 2.16. The van der Waals surface area contributed by atoms with Crippen LogP contribution < -0.4 is 4.90 Å². The lowest BCUT2D eigenvalue weighted by Crippen LogP contribution is -2.49. The van der Waals surface area contributed by atoms with Gasteiger partial charge in [0.05, 0.1) is 17.2 Å². The van der Waals surface area contributed by atoms with Gasteiger partial charge in [-0.25, -0.2) is 4.79 Å². The number of aromatic carboxylic acids is 1. The average Bonchev–Trinajstić information content (AvgIpc) is 2.67. The van der Waals surface area contributed by atoms with Gasteiger partial charge in [-0.3, -0.25) is 4.79 Å². The topological polar surface area (TPSA) is 110 Å². The number of piperazine rings is 1. The van der Waals surface area contributed by atoms with Crippen LogP contribution >= 0.6 is 0 Å². The minimum Gasteiger partial charge on any atom is -0.476 e. The van der Waals surface area contributed by atoms with E-state index in [1.807, 2.05) is 11.0 Å². The van der Waals surface area contributed by atoms with E-state index < -0.39 is 5.97 Å². The number of anilines is 1. The first kappa shape index (κ1) is 16.4. The molecule has 8 nitrogen and oxygen atoms in total. The summed E-state index contributed by atoms with van der Waals surface area (Å²) in [6.07, 6.45) is 0. The zero-order valence-corrected chi connectivity index (χ0v) is 13.3. The van der Waals surface area contributed by atoms with Gasteiger partial charge in [0.1, 0.15) is 0 Å². The standard InChI is InChI=1S/C17H15N5O3/c18-11-12-3-1-2-4-13(12)16(23)22-9-7-21(8-10-22)15-6-5-14(17(24)25)19-20-15/h1-6H,7-10H2,(H,24,25). The molecule has 1 N–H and O–H groups in total. The quantitative estimate of drug-likeness (QED) is 0.889. The van der Waals surface area contributed by atoms with Crippen LogP contribution in [0.25, 0.3) is 0 Å². The summed E-state index contributed by atoms with van der Waals surface area (Å²) >= 11 is 0. The van der Waals surface area contributed by atoms with Gasteiger partial charge in [0.2, 0.25) is 0 Å². The van der Waals surface area contributed by atoms with Crippen LogP contribution in [0.15, 0.2) is 36.4 Å². The number of carboxylic acid groups (broad SMARTS) is 1. The van der Waals surface area contributed by atoms with E-state index in [2.05, 4.69) is 10.2 Å². The molecule has 0 spiro atoms. The van der Waals surface area contributed by atoms with Crippen molar-refractivity contribution in [1.82, 2.24) is 15.1 Å². The highest BCUT2D eigenvalue weighted by molar-refractivity contribution is 5.96. The molecule has 0 bridgehead atoms. The first-order chi connectivity index (χ1) is 12.1. The van der Waals surface area contributed by atoms with Crippen LogP contribution in [0.1, 0.15) is 26.4 Å². The second kappa shape index (κ2) is 6.97. The molecular formula is C17H15N5O3. The van der Waals surface area contributed by atoms with Crippen LogP contribution in [-0.4, -0.2) is 58.3 Å². The first-order valence-electron chi connectivity index (χ1n) is 7.70. The third-order valence-corrected chi connectivity index (χ3v) is 4.04. The Morgan fingerprint density at radius 1 is 1.04 bits per heavy atom. The van der Waals surface area contributed by atoms with E-state index in [0.717, 1.165) is 0 Å². The highest BCUT2D eigenvalue weighted by Gasteiger charge is 2.24. The second-order valence-corrected chi connectivity index (χ2v) is 5.52. The van der Waals surface area contributed by atoms with E-state index in [4.69, 9.17) is 10.4 Å². The van der Waals surface area contributed by atoms with Gasteiger partial charge in [0, 0.05) is 26.2 Å². The minimum atomic E-state index is -1.12. The molecule has 1 aliphatic heterocycles. The number of rotatable bonds is 3. The molecule has 0 aliphatic carbocycles. The maximum Gasteiger partial charge on any atom is 0.356 e. The van der Waals surface area contributed by atoms with Gasteiger partial charge in [0.15, 0.2) is 11.5 Å². The average molecular weight is 337 g/mol. The molecule has 25 heavy (non-hydrogen) atoms. The van der Waals surface area contributed by atoms with Crippen molar-refractivity contribution in [1.29, 1.82) is 5.26 Å². The Kier molecular flexibility index (Phi) is 4.57. The molecule has 3 rings (SSSR count). The Labute approximate surface area is 143 Å². The molecule has 1 amide bonds. The number of carbonyl (C=O) groups is 2. The summed E-state index contributed by atoms with van der Waals surface area (Å²) in [5.41, 5.74) is 0.666. The highest BCUT2D eigenvalue weighted by atomic mass is 16.4. The van der Waals surface area contributed by atoms with Gasteiger partial charge in [-0.1, -0.05) is 12.1 Å². The van der Waals surface area contributed by atoms with Crippen LogP contribution in [0.3, 0.4) is 0 Å². The fraction of sp³-hybridized carbons (Fsp3) is 0.235. The zero-order chi connectivity index (χ0) is 17.8. The number of aromatic nitrogens is 2. The van der Waals surface area contributed by atoms with Gasteiger partial charge in [0.25, 0.3) is 5.91 Å². The smallest absolute Gasteiger partial charge is 0.356 e. The summed E-state index contributed by atoms with van der Waals surface area (Å²) in [5.74, 6) is -0.704. The summed E-state index contributed by atoms with van der Waals surface area (Å²) < 4.78 is 0. The Hall–Kier alpha value is -3.47. The fourth-order valence-electron chi connectivity index (χ4n) is 2.68. The molecule has 8 heteroatoms. The molecule has 0 saturated carbocycles. The van der Waals surface area contributed by atoms with Crippen molar-refractivity contribution in [3.8, 4) is 6.07 Å². The third kappa shape index (κ3) is 3.40. The van der Waals surface area contributed by atoms with Gasteiger partial charge in [-0.15, -0.1) is 10.2 Å². The molecule has 1 aromatic heterocycles. The van der Waals surface area contributed by atoms with E-state index in [1.165, 1.54) is 6.07 Å². The summed E-state index contributed by atoms with van der Waals surface area (Å²) in [4.78, 5) is 27.1. The van der Waals surface area contributed by atoms with Gasteiger partial charge < -0.3 is 14.9 Å². The van der Waals surface area contributed by atoms with Gasteiger partial charge >= 0.3 is 5.97 Å². The summed E-state index contributed by atoms with van der Waals surface area (Å²) in [6, 6.07) is 11.8. The SMILES string of the molecule is N#Cc1ccccc1C(=O)N1CCN(c2ccc(C(=O)O)nn2)CC1. The molecule has 2 aromatic rings. The van der Waals surface area contributed by atoms with Crippen molar-refractivity contribution < 1.29 is 14.7 Å². The van der Waals surface area contributed by atoms with E-state index in [1.54, 1.807) is 35.2 Å². The molecule has 1 aromatic carbocycles. The number of nitriles is 1. The van der Waals surface area contributed by atoms with Crippen LogP contribution in [0.2, 0.25) is 0 Å². The van der Waals surface area contributed by atoms with E-state index >= 15 is 0 Å². The fourth-order valence-corrected chi connectivity index (χ4v) is 2.68. The Morgan fingerprint density at radius 3 is 2.36 bits per heavy atom. The zero-order valence-electron chi connectivity index (χ0n) is 13.3. The first-order valence-corrected chi connectivity index (χ1v) is 7.70. The van der Waals surface area contributed by atoms with Crippen molar-refractivity contribution in [2.45, 2.75) is 0 Å². The number of amides is 1. The van der Waals surface area contributed by atoms with Crippen molar-refractivity contribution in [3.05, 3.63) is 53.2 Å². The molecule has 0 atom stereocenters. The number of benzene rings is 1. The molecular weight excluding hydrogens is 322 g/mol. The number of hydrogen-bond acceptors (Lipinski definition) is 6. The van der Waals surface area contributed by atoms with Gasteiger partial charge in [-0.2, -0.15) is 5.26 Å². The summed E-state index contributed by atoms with van der Waals surface area (Å²) in [5, 5.41) is 25.6. The maximum atomic E-state index is 12.6. The van der Waals surface area contributed by atoms with Crippen molar-refractivity contribution in [2.75, 3.05) is 31.1 Å². The summed E-state index contributed by atoms with van der Waals surface area (Å²) in [7, 11) is 0. The van der Waals surface area contributed by atoms with Gasteiger partial charge in [-0.05, 0) is 24.3 Å². The number of hydrogen-bond donors (Lipinski definition) is 1. The van der Waals surface area contributed by atoms with Crippen LogP contribution in [0.4, 0.5) is 5.82 Å². The molecule has 1 aliphatic rings. The Morgan fingerprint density at radius 2 is 1.76 bits per heavy atom. The molecule has 0 radical (unpaired) electrons. The lowest BCUT2D eigenvalue weighted by molar-refractivity contribution is 0.0687. The molecule has 2 heterocycles. The van der Waals surface area contributed by atoms with E-state index in [0.29, 0.717) is 43.1 Å². The van der Waals surface area contributed by atoms with E-state index in [-0.39, 0.29) is 11.6 Å². The largest absolute Gasteiger partial charge is 0.476 e. The molecule has 1 fully saturated rings. The molecule has 0 unspecified atom stereocenters. The predicted molar refractivity (Wildman–Crippen MR) is 88.3 cm³/mol. The predicted octanol–water partition coefficient (Wildman–Crippen LogP) is 1.01. The number of carbonyl (C=O) groups excluding carboxylic acids is 1. The number of nitrogens with zero attached hydrogens (tertiary/aromatic N) is 5. The summed E-state index contributed by atoms with van der Waals surface area (Å²) in [6.45, 7) is 2.09. The van der Waals surface area contributed by atoms with Crippen molar-refractivity contribution in [3.63, 3.8) is 0 Å². The van der Waals surface area contributed by atoms with E-state index in [9.17, 15) is 9.59 Å².